The van der Waals surface area contributed by atoms with E-state index in [-0.39, 0.29) is 0 Å². The second-order valence-electron chi connectivity index (χ2n) is 12.7. The first-order valence-electron chi connectivity index (χ1n) is 16.1. The van der Waals surface area contributed by atoms with Crippen LogP contribution in [0.4, 0.5) is 0 Å². The lowest BCUT2D eigenvalue weighted by atomic mass is 9.94. The fourth-order valence-electron chi connectivity index (χ4n) is 6.30. The highest BCUT2D eigenvalue weighted by molar-refractivity contribution is 5.74. The van der Waals surface area contributed by atoms with Gasteiger partial charge in [0, 0.05) is 13.8 Å². The maximum Gasteiger partial charge on any atom is 0.335 e. The van der Waals surface area contributed by atoms with Crippen molar-refractivity contribution in [1.82, 2.24) is 10.6 Å². The van der Waals surface area contributed by atoms with Gasteiger partial charge in [-0.2, -0.15) is 0 Å². The summed E-state index contributed by atoms with van der Waals surface area (Å²) in [4.78, 5) is 48.2. The first-order valence-corrected chi connectivity index (χ1v) is 16.1. The van der Waals surface area contributed by atoms with Crippen LogP contribution < -0.4 is 10.6 Å². The molecule has 4 heterocycles. The molecule has 0 spiro atoms. The second kappa shape index (κ2) is 17.8. The molecule has 53 heavy (non-hydrogen) atoms. The number of rotatable bonds is 12. The zero-order valence-electron chi connectivity index (χ0n) is 27.8. The largest absolute Gasteiger partial charge is 0.479 e. The lowest BCUT2D eigenvalue weighted by molar-refractivity contribution is -0.368. The first-order chi connectivity index (χ1) is 24.8. The van der Waals surface area contributed by atoms with Crippen molar-refractivity contribution in [3.63, 3.8) is 0 Å². The zero-order valence-corrected chi connectivity index (χ0v) is 27.8. The van der Waals surface area contributed by atoms with Crippen molar-refractivity contribution in [3.8, 4) is 0 Å². The summed E-state index contributed by atoms with van der Waals surface area (Å²) < 4.78 is 38.0. The van der Waals surface area contributed by atoms with Crippen LogP contribution in [0.3, 0.4) is 0 Å². The lowest BCUT2D eigenvalue weighted by Crippen LogP contribution is -2.70. The van der Waals surface area contributed by atoms with Crippen LogP contribution in [0.25, 0.3) is 0 Å². The van der Waals surface area contributed by atoms with Crippen molar-refractivity contribution in [2.24, 2.45) is 0 Å². The molecule has 0 saturated carbocycles. The average molecular weight is 777 g/mol. The quantitative estimate of drug-likeness (QED) is 0.0875. The molecule has 20 atom stereocenters. The molecule has 0 aliphatic carbocycles. The van der Waals surface area contributed by atoms with Gasteiger partial charge in [0.2, 0.25) is 11.8 Å². The molecule has 4 aliphatic heterocycles. The summed E-state index contributed by atoms with van der Waals surface area (Å²) in [6.45, 7) is 0.116. The van der Waals surface area contributed by atoms with Crippen LogP contribution in [-0.4, -0.2) is 221 Å². The predicted molar refractivity (Wildman–Crippen MR) is 158 cm³/mol. The molecule has 4 saturated heterocycles. The van der Waals surface area contributed by atoms with Crippen LogP contribution >= 0.6 is 0 Å². The molecule has 14 N–H and O–H groups in total. The maximum absolute atomic E-state index is 12.5. The molecule has 4 fully saturated rings. The molecule has 0 aromatic heterocycles. The van der Waals surface area contributed by atoms with Crippen LogP contribution in [0.5, 0.6) is 0 Å². The Labute approximate surface area is 298 Å². The SMILES string of the molecule is CC(=O)N[C@@H]1[C@@H](O[C@@H]2O[C@H](C(=O)O)[C@@H](O[C@@H]3O[C@H](CO)[C@H](O)[C@H](O[C@@H]4O[C@H](C(=O)O)[C@@H](O)[C@H](O)[C@H]4O)[C@H]3NC(C)=O)[C@H](O)[C@H]2O)[C@@H](O)[C@@H](CO)O[C@H]1O. The third-order valence-electron chi connectivity index (χ3n) is 8.94. The molecule has 0 aromatic rings. The third kappa shape index (κ3) is 9.19. The van der Waals surface area contributed by atoms with Crippen molar-refractivity contribution >= 4 is 23.8 Å². The van der Waals surface area contributed by atoms with Crippen molar-refractivity contribution in [2.75, 3.05) is 13.2 Å². The van der Waals surface area contributed by atoms with E-state index in [4.69, 9.17) is 33.2 Å². The number of carbonyl (C=O) groups is 4. The highest BCUT2D eigenvalue weighted by atomic mass is 16.8. The minimum Gasteiger partial charge on any atom is -0.479 e. The minimum atomic E-state index is -2.30. The highest BCUT2D eigenvalue weighted by Gasteiger charge is 2.57. The zero-order chi connectivity index (χ0) is 39.6. The van der Waals surface area contributed by atoms with Gasteiger partial charge in [-0.05, 0) is 0 Å². The van der Waals surface area contributed by atoms with Crippen LogP contribution in [0.2, 0.25) is 0 Å². The summed E-state index contributed by atoms with van der Waals surface area (Å²) in [6, 6.07) is -3.38. The van der Waals surface area contributed by atoms with E-state index in [1.54, 1.807) is 0 Å². The maximum atomic E-state index is 12.5. The van der Waals surface area contributed by atoms with E-state index in [0.717, 1.165) is 13.8 Å². The number of ether oxygens (including phenoxy) is 7. The molecular formula is C28H44N2O23. The molecule has 2 amide bonds. The Bertz CT molecular complexity index is 1300. The number of aliphatic hydroxyl groups excluding tert-OH is 10. The molecule has 304 valence electrons. The molecule has 25 nitrogen and oxygen atoms in total. The summed E-state index contributed by atoms with van der Waals surface area (Å²) in [5.74, 6) is -5.28. The van der Waals surface area contributed by atoms with Crippen molar-refractivity contribution in [2.45, 2.75) is 137 Å². The number of amides is 2. The van der Waals surface area contributed by atoms with E-state index in [2.05, 4.69) is 10.6 Å². The van der Waals surface area contributed by atoms with E-state index in [9.17, 15) is 80.5 Å². The predicted octanol–water partition coefficient (Wildman–Crippen LogP) is -9.28. The Morgan fingerprint density at radius 3 is 1.43 bits per heavy atom. The monoisotopic (exact) mass is 776 g/mol. The Morgan fingerprint density at radius 1 is 0.509 bits per heavy atom. The number of carbonyl (C=O) groups excluding carboxylic acids is 2. The van der Waals surface area contributed by atoms with Gasteiger partial charge in [0.05, 0.1) is 13.2 Å². The van der Waals surface area contributed by atoms with Crippen molar-refractivity contribution in [1.29, 1.82) is 0 Å². The van der Waals surface area contributed by atoms with Gasteiger partial charge in [-0.15, -0.1) is 0 Å². The average Bonchev–Trinajstić information content (AvgIpc) is 3.08. The van der Waals surface area contributed by atoms with Crippen molar-refractivity contribution < 1.29 is 114 Å². The van der Waals surface area contributed by atoms with E-state index in [1.165, 1.54) is 0 Å². The summed E-state index contributed by atoms with van der Waals surface area (Å²) >= 11 is 0. The third-order valence-corrected chi connectivity index (χ3v) is 8.94. The Balaban J connectivity index is 1.62. The first kappa shape index (κ1) is 42.9. The lowest BCUT2D eigenvalue weighted by Gasteiger charge is -2.49. The fraction of sp³-hybridized carbons (Fsp3) is 0.857. The smallest absolute Gasteiger partial charge is 0.335 e. The number of nitrogens with one attached hydrogen (secondary N) is 2. The molecule has 0 unspecified atom stereocenters. The number of hydrogen-bond donors (Lipinski definition) is 14. The molecular weight excluding hydrogens is 732 g/mol. The topological polar surface area (TPSA) is 400 Å². The van der Waals surface area contributed by atoms with E-state index < -0.39 is 160 Å². The molecule has 4 aliphatic rings. The number of carboxylic acid groups (broad SMARTS) is 2. The van der Waals surface area contributed by atoms with E-state index in [1.807, 2.05) is 0 Å². The Hall–Kier alpha value is -2.80. The summed E-state index contributed by atoms with van der Waals surface area (Å²) in [6.07, 6.45) is -36.5. The number of aliphatic hydroxyl groups is 10. The van der Waals surface area contributed by atoms with Gasteiger partial charge in [0.1, 0.15) is 85.3 Å². The van der Waals surface area contributed by atoms with Gasteiger partial charge in [-0.1, -0.05) is 0 Å². The Kier molecular flexibility index (Phi) is 14.4. The minimum absolute atomic E-state index is 0.752. The molecule has 0 radical (unpaired) electrons. The van der Waals surface area contributed by atoms with Crippen LogP contribution in [0.15, 0.2) is 0 Å². The van der Waals surface area contributed by atoms with Gasteiger partial charge in [0.15, 0.2) is 37.4 Å². The number of hydrogen-bond acceptors (Lipinski definition) is 21. The number of aliphatic carboxylic acids is 2. The second-order valence-corrected chi connectivity index (χ2v) is 12.7. The molecule has 25 heteroatoms. The Morgan fingerprint density at radius 2 is 0.943 bits per heavy atom. The summed E-state index contributed by atoms with van der Waals surface area (Å²) in [5, 5.41) is 129. The van der Waals surface area contributed by atoms with E-state index >= 15 is 0 Å². The summed E-state index contributed by atoms with van der Waals surface area (Å²) in [7, 11) is 0. The van der Waals surface area contributed by atoms with Gasteiger partial charge >= 0.3 is 11.9 Å². The molecule has 0 bridgehead atoms. The van der Waals surface area contributed by atoms with Crippen LogP contribution in [0.1, 0.15) is 13.8 Å². The normalized spacial score (nSPS) is 46.3. The molecule has 0 aromatic carbocycles. The standard InChI is InChI=1S/C28H44N2O23/c1-5(33)29-9-18(11(35)7(3-31)47-25(9)46)49-28-17(41)15(39)20(22(53-28)24(44)45)51-26-10(30-6(2)34)19(12(36)8(4-32)48-26)50-27-16(40)13(37)14(38)21(52-27)23(42)43/h7-22,25-28,31-32,35-41,46H,3-4H2,1-2H3,(H,29,33)(H,30,34)(H,42,43)(H,44,45)/t7-,8-,9-,10-,11+,12+,13+,14+,15-,16-,17-,18-,19-,20+,21+,22+,25-,26+,27-,28-/m1/s1. The van der Waals surface area contributed by atoms with Gasteiger partial charge < -0.3 is 105 Å². The number of carboxylic acids is 2. The van der Waals surface area contributed by atoms with Gasteiger partial charge in [0.25, 0.3) is 0 Å². The van der Waals surface area contributed by atoms with E-state index in [0.29, 0.717) is 0 Å². The fourth-order valence-corrected chi connectivity index (χ4v) is 6.30. The van der Waals surface area contributed by atoms with Gasteiger partial charge in [-0.3, -0.25) is 9.59 Å². The van der Waals surface area contributed by atoms with Gasteiger partial charge in [-0.25, -0.2) is 9.59 Å². The summed E-state index contributed by atoms with van der Waals surface area (Å²) in [5.41, 5.74) is 0. The van der Waals surface area contributed by atoms with Crippen LogP contribution in [-0.2, 0) is 52.3 Å². The molecule has 4 rings (SSSR count). The van der Waals surface area contributed by atoms with Crippen LogP contribution in [0, 0.1) is 0 Å². The highest BCUT2D eigenvalue weighted by Crippen LogP contribution is 2.34. The van der Waals surface area contributed by atoms with Crippen molar-refractivity contribution in [3.05, 3.63) is 0 Å².